The van der Waals surface area contributed by atoms with E-state index in [0.29, 0.717) is 12.2 Å². The van der Waals surface area contributed by atoms with Gasteiger partial charge < -0.3 is 9.32 Å². The Labute approximate surface area is 121 Å². The van der Waals surface area contributed by atoms with Gasteiger partial charge in [0.15, 0.2) is 11.5 Å². The largest absolute Gasteiger partial charge is 0.453 e. The summed E-state index contributed by atoms with van der Waals surface area (Å²) in [5.41, 5.74) is 0.967. The number of hydrogen-bond acceptors (Lipinski definition) is 3. The number of nitrogens with zero attached hydrogens (tertiary/aromatic N) is 1. The number of carbonyl (C=O) groups is 1. The minimum atomic E-state index is 0.0389. The Morgan fingerprint density at radius 1 is 1.16 bits per heavy atom. The molecule has 2 rings (SSSR count). The molecule has 0 aliphatic carbocycles. The minimum absolute atomic E-state index is 0.0389. The smallest absolute Gasteiger partial charge is 0.199 e. The molecule has 1 heterocycles. The number of rotatable bonds is 5. The number of benzene rings is 1. The van der Waals surface area contributed by atoms with Crippen LogP contribution >= 0.6 is 15.9 Å². The SMILES string of the molecule is CN(C)CCC(=O)c1ccc(-c2ccc(Br)cc2)o1. The molecule has 0 atom stereocenters. The third-order valence-electron chi connectivity index (χ3n) is 2.80. The van der Waals surface area contributed by atoms with Gasteiger partial charge in [0, 0.05) is 23.0 Å². The molecule has 0 fully saturated rings. The van der Waals surface area contributed by atoms with Crippen LogP contribution in [0.15, 0.2) is 45.3 Å². The summed E-state index contributed by atoms with van der Waals surface area (Å²) in [7, 11) is 3.89. The molecule has 0 radical (unpaired) electrons. The van der Waals surface area contributed by atoms with E-state index in [1.54, 1.807) is 6.07 Å². The fourth-order valence-corrected chi connectivity index (χ4v) is 1.97. The molecule has 3 nitrogen and oxygen atoms in total. The third kappa shape index (κ3) is 3.78. The molecular weight excluding hydrogens is 306 g/mol. The predicted octanol–water partition coefficient (Wildman–Crippen LogP) is 3.84. The first-order chi connectivity index (χ1) is 9.06. The van der Waals surface area contributed by atoms with E-state index in [0.717, 1.165) is 22.3 Å². The Kier molecular flexibility index (Phi) is 4.56. The lowest BCUT2D eigenvalue weighted by atomic mass is 10.2. The molecule has 1 aromatic carbocycles. The van der Waals surface area contributed by atoms with Crippen molar-refractivity contribution in [2.75, 3.05) is 20.6 Å². The van der Waals surface area contributed by atoms with Crippen LogP contribution in [0.5, 0.6) is 0 Å². The molecule has 0 spiro atoms. The van der Waals surface area contributed by atoms with Crippen LogP contribution in [-0.2, 0) is 0 Å². The number of halogens is 1. The number of hydrogen-bond donors (Lipinski definition) is 0. The lowest BCUT2D eigenvalue weighted by molar-refractivity contribution is 0.0946. The van der Waals surface area contributed by atoms with Crippen LogP contribution in [0.3, 0.4) is 0 Å². The summed E-state index contributed by atoms with van der Waals surface area (Å²) >= 11 is 3.39. The van der Waals surface area contributed by atoms with Crippen molar-refractivity contribution in [3.63, 3.8) is 0 Å². The van der Waals surface area contributed by atoms with Gasteiger partial charge in [0.05, 0.1) is 0 Å². The maximum atomic E-state index is 11.9. The molecule has 0 saturated carbocycles. The number of Topliss-reactive ketones (excluding diaryl/α,β-unsaturated/α-hetero) is 1. The molecular formula is C15H16BrNO2. The molecule has 4 heteroatoms. The Morgan fingerprint density at radius 2 is 1.84 bits per heavy atom. The average molecular weight is 322 g/mol. The molecule has 0 amide bonds. The van der Waals surface area contributed by atoms with Crippen molar-refractivity contribution < 1.29 is 9.21 Å². The predicted molar refractivity (Wildman–Crippen MR) is 79.3 cm³/mol. The van der Waals surface area contributed by atoms with Crippen LogP contribution in [0.1, 0.15) is 17.0 Å². The topological polar surface area (TPSA) is 33.5 Å². The maximum Gasteiger partial charge on any atom is 0.199 e. The third-order valence-corrected chi connectivity index (χ3v) is 3.32. The van der Waals surface area contributed by atoms with E-state index in [-0.39, 0.29) is 5.78 Å². The van der Waals surface area contributed by atoms with Gasteiger partial charge in [-0.05, 0) is 38.4 Å². The number of ketones is 1. The Hall–Kier alpha value is -1.39. The van der Waals surface area contributed by atoms with Crippen molar-refractivity contribution in [1.29, 1.82) is 0 Å². The molecule has 0 saturated heterocycles. The van der Waals surface area contributed by atoms with E-state index < -0.39 is 0 Å². The van der Waals surface area contributed by atoms with E-state index in [1.807, 2.05) is 49.3 Å². The van der Waals surface area contributed by atoms with Gasteiger partial charge in [-0.25, -0.2) is 0 Å². The van der Waals surface area contributed by atoms with E-state index >= 15 is 0 Å². The van der Waals surface area contributed by atoms with Crippen molar-refractivity contribution in [2.45, 2.75) is 6.42 Å². The highest BCUT2D eigenvalue weighted by Crippen LogP contribution is 2.24. The van der Waals surface area contributed by atoms with Gasteiger partial charge in [-0.2, -0.15) is 0 Å². The van der Waals surface area contributed by atoms with Gasteiger partial charge in [-0.1, -0.05) is 28.1 Å². The van der Waals surface area contributed by atoms with E-state index in [9.17, 15) is 4.79 Å². The molecule has 0 aliphatic heterocycles. The lowest BCUT2D eigenvalue weighted by Crippen LogP contribution is -2.16. The average Bonchev–Trinajstić information content (AvgIpc) is 2.86. The lowest BCUT2D eigenvalue weighted by Gasteiger charge is -2.06. The summed E-state index contributed by atoms with van der Waals surface area (Å²) in [6, 6.07) is 11.4. The Balaban J connectivity index is 2.10. The zero-order chi connectivity index (χ0) is 13.8. The first kappa shape index (κ1) is 14.0. The molecule has 0 unspecified atom stereocenters. The first-order valence-corrected chi connectivity index (χ1v) is 6.89. The highest BCUT2D eigenvalue weighted by molar-refractivity contribution is 9.10. The Morgan fingerprint density at radius 3 is 2.47 bits per heavy atom. The second-order valence-corrected chi connectivity index (χ2v) is 5.56. The van der Waals surface area contributed by atoms with E-state index in [4.69, 9.17) is 4.42 Å². The maximum absolute atomic E-state index is 11.9. The first-order valence-electron chi connectivity index (χ1n) is 6.10. The number of furan rings is 1. The van der Waals surface area contributed by atoms with Crippen molar-refractivity contribution in [3.8, 4) is 11.3 Å². The summed E-state index contributed by atoms with van der Waals surface area (Å²) in [5.74, 6) is 1.19. The monoisotopic (exact) mass is 321 g/mol. The van der Waals surface area contributed by atoms with Gasteiger partial charge in [0.2, 0.25) is 0 Å². The summed E-state index contributed by atoms with van der Waals surface area (Å²) in [4.78, 5) is 13.9. The highest BCUT2D eigenvalue weighted by atomic mass is 79.9. The van der Waals surface area contributed by atoms with Gasteiger partial charge in [-0.15, -0.1) is 0 Å². The van der Waals surface area contributed by atoms with E-state index in [1.165, 1.54) is 0 Å². The molecule has 0 aliphatic rings. The van der Waals surface area contributed by atoms with Crippen molar-refractivity contribution in [2.24, 2.45) is 0 Å². The molecule has 100 valence electrons. The summed E-state index contributed by atoms with van der Waals surface area (Å²) in [6.07, 6.45) is 0.473. The molecule has 2 aromatic rings. The fraction of sp³-hybridized carbons (Fsp3) is 0.267. The van der Waals surface area contributed by atoms with Gasteiger partial charge in [0.1, 0.15) is 5.76 Å². The quantitative estimate of drug-likeness (QED) is 0.784. The van der Waals surface area contributed by atoms with Crippen LogP contribution in [0.4, 0.5) is 0 Å². The molecule has 0 bridgehead atoms. The van der Waals surface area contributed by atoms with Crippen molar-refractivity contribution in [1.82, 2.24) is 4.90 Å². The molecule has 19 heavy (non-hydrogen) atoms. The van der Waals surface area contributed by atoms with Crippen molar-refractivity contribution in [3.05, 3.63) is 46.6 Å². The van der Waals surface area contributed by atoms with Crippen LogP contribution in [0.25, 0.3) is 11.3 Å². The van der Waals surface area contributed by atoms with Crippen molar-refractivity contribution >= 4 is 21.7 Å². The molecule has 1 aromatic heterocycles. The van der Waals surface area contributed by atoms with E-state index in [2.05, 4.69) is 15.9 Å². The van der Waals surface area contributed by atoms with Crippen LogP contribution in [-0.4, -0.2) is 31.3 Å². The van der Waals surface area contributed by atoms with Crippen LogP contribution < -0.4 is 0 Å². The zero-order valence-electron chi connectivity index (χ0n) is 11.0. The number of carbonyl (C=O) groups excluding carboxylic acids is 1. The van der Waals surface area contributed by atoms with Crippen LogP contribution in [0.2, 0.25) is 0 Å². The van der Waals surface area contributed by atoms with Gasteiger partial charge >= 0.3 is 0 Å². The highest BCUT2D eigenvalue weighted by Gasteiger charge is 2.12. The standard InChI is InChI=1S/C15H16BrNO2/c1-17(2)10-9-13(18)15-8-7-14(19-15)11-3-5-12(16)6-4-11/h3-8H,9-10H2,1-2H3. The molecule has 0 N–H and O–H groups in total. The Bertz CT molecular complexity index is 558. The zero-order valence-corrected chi connectivity index (χ0v) is 12.6. The minimum Gasteiger partial charge on any atom is -0.453 e. The second kappa shape index (κ2) is 6.17. The van der Waals surface area contributed by atoms with Gasteiger partial charge in [0.25, 0.3) is 0 Å². The second-order valence-electron chi connectivity index (χ2n) is 4.65. The summed E-state index contributed by atoms with van der Waals surface area (Å²) in [5, 5.41) is 0. The normalized spacial score (nSPS) is 10.9. The van der Waals surface area contributed by atoms with Gasteiger partial charge in [-0.3, -0.25) is 4.79 Å². The summed E-state index contributed by atoms with van der Waals surface area (Å²) in [6.45, 7) is 0.729. The van der Waals surface area contributed by atoms with Crippen LogP contribution in [0, 0.1) is 0 Å². The fourth-order valence-electron chi connectivity index (χ4n) is 1.71. The summed E-state index contributed by atoms with van der Waals surface area (Å²) < 4.78 is 6.64.